The molecular weight excluding hydrogens is 1010 g/mol. The van der Waals surface area contributed by atoms with Crippen molar-refractivity contribution in [3.05, 3.63) is 60.8 Å². The van der Waals surface area contributed by atoms with Gasteiger partial charge in [0, 0.05) is 12.8 Å². The molecule has 0 bridgehead atoms. The lowest BCUT2D eigenvalue weighted by Crippen LogP contribution is -2.44. The summed E-state index contributed by atoms with van der Waals surface area (Å²) < 4.78 is 22.8. The second kappa shape index (κ2) is 63.0. The Morgan fingerprint density at radius 2 is 0.704 bits per heavy atom. The molecule has 0 N–H and O–H groups in total. The summed E-state index contributed by atoms with van der Waals surface area (Å²) in [6.07, 6.45) is 78.8. The average molecular weight is 1140 g/mol. The fourth-order valence-corrected chi connectivity index (χ4v) is 10.00. The highest BCUT2D eigenvalue weighted by Gasteiger charge is 2.22. The largest absolute Gasteiger partial charge is 0.545 e. The van der Waals surface area contributed by atoms with E-state index in [0.29, 0.717) is 23.9 Å². The molecule has 0 aliphatic heterocycles. The highest BCUT2D eigenvalue weighted by atomic mass is 16.7. The van der Waals surface area contributed by atoms with Crippen LogP contribution in [0.15, 0.2) is 60.8 Å². The molecule has 9 nitrogen and oxygen atoms in total. The van der Waals surface area contributed by atoms with E-state index in [4.69, 9.17) is 18.9 Å². The van der Waals surface area contributed by atoms with Crippen molar-refractivity contribution in [2.45, 2.75) is 334 Å². The molecule has 81 heavy (non-hydrogen) atoms. The maximum Gasteiger partial charge on any atom is 0.306 e. The molecule has 0 amide bonds. The Morgan fingerprint density at radius 3 is 1.06 bits per heavy atom. The summed E-state index contributed by atoms with van der Waals surface area (Å²) in [4.78, 5) is 37.4. The smallest absolute Gasteiger partial charge is 0.306 e. The Labute approximate surface area is 501 Å². The molecule has 0 saturated carbocycles. The van der Waals surface area contributed by atoms with Gasteiger partial charge in [0.05, 0.1) is 40.3 Å². The summed E-state index contributed by atoms with van der Waals surface area (Å²) in [5, 5.41) is 11.8. The van der Waals surface area contributed by atoms with Crippen LogP contribution in [0.3, 0.4) is 0 Å². The number of quaternary nitrogens is 1. The zero-order valence-electron chi connectivity index (χ0n) is 53.9. The maximum atomic E-state index is 12.9. The third-order valence-electron chi connectivity index (χ3n) is 15.2. The number of nitrogens with zero attached hydrogens (tertiary/aromatic N) is 1. The van der Waals surface area contributed by atoms with Crippen molar-refractivity contribution in [2.75, 3.05) is 47.5 Å². The van der Waals surface area contributed by atoms with Crippen molar-refractivity contribution in [2.24, 2.45) is 0 Å². The number of rotatable bonds is 64. The van der Waals surface area contributed by atoms with Crippen LogP contribution < -0.4 is 5.11 Å². The first kappa shape index (κ1) is 78.0. The minimum atomic E-state index is -1.62. The number of likely N-dealkylation sites (N-methyl/N-ethyl adjacent to an activating group) is 1. The molecule has 0 aromatic carbocycles. The van der Waals surface area contributed by atoms with Crippen LogP contribution in [0.25, 0.3) is 0 Å². The van der Waals surface area contributed by atoms with Crippen LogP contribution in [0.1, 0.15) is 322 Å². The molecule has 0 rings (SSSR count). The standard InChI is InChI=1S/C72H131NO8/c1-6-8-10-12-14-16-18-20-22-24-26-27-28-29-30-31-32-33-34-35-36-37-38-39-40-41-42-43-45-47-49-51-53-55-57-59-61-63-70(75)81-68(67-80-72(71(76)77)78-65-64-73(3,4)5)66-79-69(74)62-60-58-56-54-52-50-48-46-44-25-23-21-19-17-15-13-11-9-7-2/h8,10,14,16,20-23,26-27,68,72H,6-7,9,11-13,15,17-19,24-25,28-67H2,1-5H3/b10-8-,16-14-,22-20-,23-21-,27-26-. The summed E-state index contributed by atoms with van der Waals surface area (Å²) >= 11 is 0. The number of carboxylic acids is 1. The minimum Gasteiger partial charge on any atom is -0.545 e. The molecule has 9 heteroatoms. The third-order valence-corrected chi connectivity index (χ3v) is 15.2. The van der Waals surface area contributed by atoms with Crippen molar-refractivity contribution in [1.82, 2.24) is 0 Å². The van der Waals surface area contributed by atoms with Crippen molar-refractivity contribution >= 4 is 17.9 Å². The number of allylic oxidation sites excluding steroid dienone is 10. The maximum absolute atomic E-state index is 12.9. The summed E-state index contributed by atoms with van der Waals surface area (Å²) in [5.74, 6) is -2.26. The quantitative estimate of drug-likeness (QED) is 0.0195. The normalized spacial score (nSPS) is 13.0. The molecular formula is C72H131NO8. The van der Waals surface area contributed by atoms with E-state index in [1.54, 1.807) is 0 Å². The van der Waals surface area contributed by atoms with Gasteiger partial charge in [-0.05, 0) is 77.0 Å². The predicted octanol–water partition coefficient (Wildman–Crippen LogP) is 19.8. The van der Waals surface area contributed by atoms with E-state index >= 15 is 0 Å². The number of aliphatic carboxylic acids is 1. The first-order valence-corrected chi connectivity index (χ1v) is 34.4. The zero-order chi connectivity index (χ0) is 59.1. The van der Waals surface area contributed by atoms with E-state index in [1.165, 1.54) is 231 Å². The Morgan fingerprint density at radius 1 is 0.383 bits per heavy atom. The number of esters is 2. The minimum absolute atomic E-state index is 0.149. The SMILES string of the molecule is CC/C=C\C/C=C\C/C=C\C/C=C\CCCCCCCCCCCCCCCCCCCCCCCCCCC(=O)OC(COC(=O)CCCCCCCCCCC/C=C\CCCCCCCC)COC(OCC[N+](C)(C)C)C(=O)[O-]. The number of ether oxygens (including phenoxy) is 4. The van der Waals surface area contributed by atoms with Crippen molar-refractivity contribution < 1.29 is 42.9 Å². The molecule has 0 aromatic rings. The van der Waals surface area contributed by atoms with E-state index in [1.807, 2.05) is 21.1 Å². The van der Waals surface area contributed by atoms with Gasteiger partial charge in [0.15, 0.2) is 12.4 Å². The van der Waals surface area contributed by atoms with Crippen molar-refractivity contribution in [3.8, 4) is 0 Å². The van der Waals surface area contributed by atoms with Gasteiger partial charge in [0.1, 0.15) is 13.2 Å². The van der Waals surface area contributed by atoms with Crippen LogP contribution in [0, 0.1) is 0 Å². The molecule has 0 aliphatic rings. The highest BCUT2D eigenvalue weighted by molar-refractivity contribution is 5.70. The van der Waals surface area contributed by atoms with Crippen LogP contribution in [0.2, 0.25) is 0 Å². The molecule has 0 aliphatic carbocycles. The van der Waals surface area contributed by atoms with Gasteiger partial charge in [-0.15, -0.1) is 0 Å². The number of hydrogen-bond acceptors (Lipinski definition) is 8. The average Bonchev–Trinajstić information content (AvgIpc) is 3.44. The molecule has 0 heterocycles. The summed E-state index contributed by atoms with van der Waals surface area (Å²) in [6.45, 7) is 4.68. The molecule has 2 unspecified atom stereocenters. The van der Waals surface area contributed by atoms with Gasteiger partial charge in [0.2, 0.25) is 0 Å². The summed E-state index contributed by atoms with van der Waals surface area (Å²) in [7, 11) is 5.94. The van der Waals surface area contributed by atoms with Gasteiger partial charge in [-0.25, -0.2) is 0 Å². The van der Waals surface area contributed by atoms with Gasteiger partial charge in [0.25, 0.3) is 0 Å². The topological polar surface area (TPSA) is 111 Å². The zero-order valence-corrected chi connectivity index (χ0v) is 53.9. The van der Waals surface area contributed by atoms with Crippen LogP contribution >= 0.6 is 0 Å². The lowest BCUT2D eigenvalue weighted by molar-refractivity contribution is -0.870. The van der Waals surface area contributed by atoms with Gasteiger partial charge >= 0.3 is 11.9 Å². The Balaban J connectivity index is 4.01. The molecule has 0 fully saturated rings. The van der Waals surface area contributed by atoms with Crippen LogP contribution in [0.4, 0.5) is 0 Å². The Hall–Kier alpha value is -3.01. The first-order chi connectivity index (χ1) is 39.6. The Kier molecular flexibility index (Phi) is 60.7. The molecule has 0 aromatic heterocycles. The van der Waals surface area contributed by atoms with E-state index < -0.39 is 24.3 Å². The number of carbonyl (C=O) groups is 3. The van der Waals surface area contributed by atoms with Gasteiger partial charge in [-0.2, -0.15) is 0 Å². The van der Waals surface area contributed by atoms with E-state index in [9.17, 15) is 19.5 Å². The number of carbonyl (C=O) groups excluding carboxylic acids is 3. The van der Waals surface area contributed by atoms with Crippen molar-refractivity contribution in [3.63, 3.8) is 0 Å². The Bertz CT molecular complexity index is 1510. The van der Waals surface area contributed by atoms with Gasteiger partial charge in [-0.1, -0.05) is 293 Å². The molecule has 472 valence electrons. The lowest BCUT2D eigenvalue weighted by atomic mass is 10.0. The molecule has 0 radical (unpaired) electrons. The number of carboxylic acid groups (broad SMARTS) is 1. The fourth-order valence-electron chi connectivity index (χ4n) is 10.00. The van der Waals surface area contributed by atoms with Crippen molar-refractivity contribution in [1.29, 1.82) is 0 Å². The first-order valence-electron chi connectivity index (χ1n) is 34.4. The van der Waals surface area contributed by atoms with Crippen LogP contribution in [-0.2, 0) is 33.3 Å². The second-order valence-electron chi connectivity index (χ2n) is 24.4. The third kappa shape index (κ3) is 64.4. The lowest BCUT2D eigenvalue weighted by Gasteiger charge is -2.26. The molecule has 0 spiro atoms. The monoisotopic (exact) mass is 1140 g/mol. The van der Waals surface area contributed by atoms with E-state index in [0.717, 1.165) is 57.8 Å². The molecule has 2 atom stereocenters. The predicted molar refractivity (Wildman–Crippen MR) is 343 cm³/mol. The van der Waals surface area contributed by atoms with Gasteiger partial charge < -0.3 is 33.3 Å². The van der Waals surface area contributed by atoms with E-state index in [-0.39, 0.29) is 32.2 Å². The second-order valence-corrected chi connectivity index (χ2v) is 24.4. The number of unbranched alkanes of at least 4 members (excludes halogenated alkanes) is 39. The fraction of sp³-hybridized carbons (Fsp3) is 0.819. The van der Waals surface area contributed by atoms with Gasteiger partial charge in [-0.3, -0.25) is 9.59 Å². The van der Waals surface area contributed by atoms with Crippen LogP contribution in [-0.4, -0.2) is 82.3 Å². The van der Waals surface area contributed by atoms with Crippen LogP contribution in [0.5, 0.6) is 0 Å². The summed E-state index contributed by atoms with van der Waals surface area (Å²) in [5.41, 5.74) is 0. The summed E-state index contributed by atoms with van der Waals surface area (Å²) in [6, 6.07) is 0. The number of hydrogen-bond donors (Lipinski definition) is 0. The highest BCUT2D eigenvalue weighted by Crippen LogP contribution is 2.18. The van der Waals surface area contributed by atoms with E-state index in [2.05, 4.69) is 74.6 Å². The molecule has 0 saturated heterocycles.